The molecule has 0 aliphatic heterocycles. The molecule has 3 nitrogen and oxygen atoms in total. The number of ether oxygens (including phenoxy) is 1. The van der Waals surface area contributed by atoms with Gasteiger partial charge >= 0.3 is 0 Å². The number of benzene rings is 1. The van der Waals surface area contributed by atoms with Gasteiger partial charge in [-0.1, -0.05) is 6.07 Å². The van der Waals surface area contributed by atoms with E-state index in [0.717, 1.165) is 30.6 Å². The van der Waals surface area contributed by atoms with E-state index in [1.54, 1.807) is 0 Å². The largest absolute Gasteiger partial charge is 0.494 e. The number of aliphatic hydroxyl groups is 1. The first-order chi connectivity index (χ1) is 7.81. The zero-order valence-electron chi connectivity index (χ0n) is 9.15. The molecule has 0 amide bonds. The molecule has 1 aliphatic rings. The summed E-state index contributed by atoms with van der Waals surface area (Å²) in [5, 5.41) is 18.0. The van der Waals surface area contributed by atoms with Gasteiger partial charge in [-0.2, -0.15) is 5.26 Å². The standard InChI is InChI=1S/C13H15NO2/c14-7-1-2-8-16-11-4-5-12-10(9-11)3-6-13(12)15/h4-5,9,13,15H,1-3,6,8H2/t13-/m0/s1. The highest BCUT2D eigenvalue weighted by Gasteiger charge is 2.20. The first-order valence-electron chi connectivity index (χ1n) is 5.62. The number of unbranched alkanes of at least 4 members (excludes halogenated alkanes) is 1. The van der Waals surface area contributed by atoms with Crippen LogP contribution >= 0.6 is 0 Å². The summed E-state index contributed by atoms with van der Waals surface area (Å²) >= 11 is 0. The third kappa shape index (κ3) is 2.34. The van der Waals surface area contributed by atoms with Crippen LogP contribution in [0.4, 0.5) is 0 Å². The van der Waals surface area contributed by atoms with Crippen molar-refractivity contribution in [1.29, 1.82) is 5.26 Å². The van der Waals surface area contributed by atoms with Crippen LogP contribution in [0, 0.1) is 11.3 Å². The Hall–Kier alpha value is -1.53. The fourth-order valence-corrected chi connectivity index (χ4v) is 2.00. The molecule has 0 aromatic heterocycles. The quantitative estimate of drug-likeness (QED) is 0.787. The normalized spacial score (nSPS) is 17.9. The average molecular weight is 217 g/mol. The van der Waals surface area contributed by atoms with Crippen molar-refractivity contribution in [3.63, 3.8) is 0 Å². The Morgan fingerprint density at radius 3 is 3.19 bits per heavy atom. The second kappa shape index (κ2) is 5.00. The third-order valence-corrected chi connectivity index (χ3v) is 2.86. The van der Waals surface area contributed by atoms with Crippen molar-refractivity contribution in [2.75, 3.05) is 6.61 Å². The Bertz CT molecular complexity index is 409. The highest BCUT2D eigenvalue weighted by molar-refractivity contribution is 5.39. The van der Waals surface area contributed by atoms with Gasteiger partial charge in [-0.05, 0) is 42.5 Å². The maximum absolute atomic E-state index is 9.64. The van der Waals surface area contributed by atoms with Gasteiger partial charge in [-0.15, -0.1) is 0 Å². The van der Waals surface area contributed by atoms with Crippen molar-refractivity contribution in [3.8, 4) is 11.8 Å². The lowest BCUT2D eigenvalue weighted by molar-refractivity contribution is 0.180. The van der Waals surface area contributed by atoms with Crippen molar-refractivity contribution in [2.45, 2.75) is 31.8 Å². The summed E-state index contributed by atoms with van der Waals surface area (Å²) in [5.74, 6) is 0.839. The van der Waals surface area contributed by atoms with Crippen molar-refractivity contribution >= 4 is 0 Å². The van der Waals surface area contributed by atoms with Crippen LogP contribution in [0.1, 0.15) is 36.5 Å². The first-order valence-corrected chi connectivity index (χ1v) is 5.62. The van der Waals surface area contributed by atoms with Gasteiger partial charge in [0.1, 0.15) is 5.75 Å². The number of aryl methyl sites for hydroxylation is 1. The number of fused-ring (bicyclic) bond motifs is 1. The lowest BCUT2D eigenvalue weighted by atomic mass is 10.1. The minimum Gasteiger partial charge on any atom is -0.494 e. The van der Waals surface area contributed by atoms with Crippen molar-refractivity contribution < 1.29 is 9.84 Å². The molecular weight excluding hydrogens is 202 g/mol. The summed E-state index contributed by atoms with van der Waals surface area (Å²) in [6.45, 7) is 0.578. The summed E-state index contributed by atoms with van der Waals surface area (Å²) in [4.78, 5) is 0. The average Bonchev–Trinajstić information content (AvgIpc) is 2.66. The Balaban J connectivity index is 1.95. The number of rotatable bonds is 4. The molecule has 2 rings (SSSR count). The van der Waals surface area contributed by atoms with Crippen LogP contribution < -0.4 is 4.74 Å². The number of hydrogen-bond donors (Lipinski definition) is 1. The zero-order valence-corrected chi connectivity index (χ0v) is 9.15. The summed E-state index contributed by atoms with van der Waals surface area (Å²) in [6.07, 6.45) is 2.72. The summed E-state index contributed by atoms with van der Waals surface area (Å²) in [5.41, 5.74) is 2.22. The van der Waals surface area contributed by atoms with Crippen LogP contribution in [0.2, 0.25) is 0 Å². The first kappa shape index (κ1) is 11.0. The van der Waals surface area contributed by atoms with Gasteiger partial charge in [0.25, 0.3) is 0 Å². The van der Waals surface area contributed by atoms with Gasteiger partial charge in [-0.3, -0.25) is 0 Å². The van der Waals surface area contributed by atoms with E-state index in [9.17, 15) is 5.11 Å². The number of nitrogens with zero attached hydrogens (tertiary/aromatic N) is 1. The smallest absolute Gasteiger partial charge is 0.119 e. The summed E-state index contributed by atoms with van der Waals surface area (Å²) in [7, 11) is 0. The molecule has 0 heterocycles. The van der Waals surface area contributed by atoms with Gasteiger partial charge in [-0.25, -0.2) is 0 Å². The summed E-state index contributed by atoms with van der Waals surface area (Å²) < 4.78 is 5.54. The van der Waals surface area contributed by atoms with Gasteiger partial charge in [0.2, 0.25) is 0 Å². The molecular formula is C13H15NO2. The lowest BCUT2D eigenvalue weighted by Crippen LogP contribution is -1.97. The second-order valence-corrected chi connectivity index (χ2v) is 4.03. The van der Waals surface area contributed by atoms with Crippen LogP contribution in [0.5, 0.6) is 5.75 Å². The molecule has 1 aromatic rings. The molecule has 1 N–H and O–H groups in total. The molecule has 16 heavy (non-hydrogen) atoms. The SMILES string of the molecule is N#CCCCOc1ccc2c(c1)CC[C@@H]2O. The van der Waals surface area contributed by atoms with Crippen molar-refractivity contribution in [1.82, 2.24) is 0 Å². The number of nitriles is 1. The van der Waals surface area contributed by atoms with Crippen LogP contribution in [-0.2, 0) is 6.42 Å². The molecule has 1 atom stereocenters. The molecule has 0 unspecified atom stereocenters. The predicted octanol–water partition coefficient (Wildman–Crippen LogP) is 2.35. The molecule has 0 saturated carbocycles. The molecule has 84 valence electrons. The fourth-order valence-electron chi connectivity index (χ4n) is 2.00. The molecule has 0 radical (unpaired) electrons. The molecule has 0 saturated heterocycles. The highest BCUT2D eigenvalue weighted by atomic mass is 16.5. The van der Waals surface area contributed by atoms with E-state index in [4.69, 9.17) is 10.00 Å². The Morgan fingerprint density at radius 2 is 2.38 bits per heavy atom. The van der Waals surface area contributed by atoms with Crippen molar-refractivity contribution in [2.24, 2.45) is 0 Å². The van der Waals surface area contributed by atoms with Crippen LogP contribution in [0.15, 0.2) is 18.2 Å². The predicted molar refractivity (Wildman–Crippen MR) is 60.1 cm³/mol. The minimum absolute atomic E-state index is 0.303. The van der Waals surface area contributed by atoms with E-state index in [1.165, 1.54) is 5.56 Å². The van der Waals surface area contributed by atoms with Crippen LogP contribution in [0.3, 0.4) is 0 Å². The third-order valence-electron chi connectivity index (χ3n) is 2.86. The Labute approximate surface area is 95.3 Å². The Kier molecular flexibility index (Phi) is 3.43. The topological polar surface area (TPSA) is 53.2 Å². The lowest BCUT2D eigenvalue weighted by Gasteiger charge is -2.08. The van der Waals surface area contributed by atoms with Gasteiger partial charge in [0.15, 0.2) is 0 Å². The maximum Gasteiger partial charge on any atom is 0.119 e. The number of aliphatic hydroxyl groups excluding tert-OH is 1. The van der Waals surface area contributed by atoms with Crippen molar-refractivity contribution in [3.05, 3.63) is 29.3 Å². The summed E-state index contributed by atoms with van der Waals surface area (Å²) in [6, 6.07) is 7.91. The number of hydrogen-bond acceptors (Lipinski definition) is 3. The van der Waals surface area contributed by atoms with Crippen LogP contribution in [0.25, 0.3) is 0 Å². The minimum atomic E-state index is -0.303. The maximum atomic E-state index is 9.64. The second-order valence-electron chi connectivity index (χ2n) is 4.03. The van der Waals surface area contributed by atoms with E-state index in [-0.39, 0.29) is 6.10 Å². The van der Waals surface area contributed by atoms with Gasteiger partial charge < -0.3 is 9.84 Å². The zero-order chi connectivity index (χ0) is 11.4. The molecule has 0 fully saturated rings. The van der Waals surface area contributed by atoms with E-state index in [0.29, 0.717) is 13.0 Å². The fraction of sp³-hybridized carbons (Fsp3) is 0.462. The van der Waals surface area contributed by atoms with E-state index in [1.807, 2.05) is 18.2 Å². The van der Waals surface area contributed by atoms with Crippen LogP contribution in [-0.4, -0.2) is 11.7 Å². The monoisotopic (exact) mass is 217 g/mol. The molecule has 3 heteroatoms. The Morgan fingerprint density at radius 1 is 1.50 bits per heavy atom. The molecule has 1 aliphatic carbocycles. The van der Waals surface area contributed by atoms with E-state index < -0.39 is 0 Å². The molecule has 0 spiro atoms. The molecule has 0 bridgehead atoms. The van der Waals surface area contributed by atoms with E-state index in [2.05, 4.69) is 6.07 Å². The van der Waals surface area contributed by atoms with Gasteiger partial charge in [0, 0.05) is 6.42 Å². The highest BCUT2D eigenvalue weighted by Crippen LogP contribution is 2.33. The van der Waals surface area contributed by atoms with Gasteiger partial charge in [0.05, 0.1) is 18.8 Å². The molecule has 1 aromatic carbocycles. The van der Waals surface area contributed by atoms with E-state index >= 15 is 0 Å².